The van der Waals surface area contributed by atoms with Crippen LogP contribution in [0.1, 0.15) is 6.92 Å². The molecule has 10 heteroatoms. The highest BCUT2D eigenvalue weighted by atomic mass is 79.9. The molecule has 0 saturated heterocycles. The molecule has 3 rings (SSSR count). The first-order chi connectivity index (χ1) is 11.7. The Morgan fingerprint density at radius 2 is 2.08 bits per heavy atom. The molecule has 1 N–H and O–H groups in total. The van der Waals surface area contributed by atoms with Gasteiger partial charge in [0, 0.05) is 16.6 Å². The van der Waals surface area contributed by atoms with Gasteiger partial charge in [0.05, 0.1) is 5.75 Å². The highest BCUT2D eigenvalue weighted by molar-refractivity contribution is 9.10. The molecule has 24 heavy (non-hydrogen) atoms. The van der Waals surface area contributed by atoms with Gasteiger partial charge in [0.25, 0.3) is 0 Å². The van der Waals surface area contributed by atoms with E-state index in [0.717, 1.165) is 22.4 Å². The lowest BCUT2D eigenvalue weighted by Gasteiger charge is -2.07. The molecule has 0 radical (unpaired) electrons. The Morgan fingerprint density at radius 3 is 2.75 bits per heavy atom. The lowest BCUT2D eigenvalue weighted by molar-refractivity contribution is -0.113. The van der Waals surface area contributed by atoms with Gasteiger partial charge in [-0.05, 0) is 19.1 Å². The van der Waals surface area contributed by atoms with Crippen LogP contribution in [0.4, 0.5) is 5.13 Å². The number of aromatic nitrogens is 5. The summed E-state index contributed by atoms with van der Waals surface area (Å²) in [6.07, 6.45) is 0. The zero-order valence-corrected chi connectivity index (χ0v) is 15.9. The molecule has 7 nitrogen and oxygen atoms in total. The predicted molar refractivity (Wildman–Crippen MR) is 98.1 cm³/mol. The molecule has 1 aromatic carbocycles. The number of rotatable bonds is 6. The van der Waals surface area contributed by atoms with Crippen molar-refractivity contribution in [3.05, 3.63) is 34.2 Å². The number of hydrogen-bond donors (Lipinski definition) is 1. The molecule has 0 bridgehead atoms. The van der Waals surface area contributed by atoms with Crippen molar-refractivity contribution in [1.82, 2.24) is 25.0 Å². The normalized spacial score (nSPS) is 10.8. The fraction of sp³-hybridized carbons (Fsp3) is 0.214. The van der Waals surface area contributed by atoms with Crippen LogP contribution in [0.3, 0.4) is 0 Å². The van der Waals surface area contributed by atoms with Gasteiger partial charge in [0.2, 0.25) is 11.0 Å². The number of nitrogens with one attached hydrogen (secondary N) is 1. The topological polar surface area (TPSA) is 85.6 Å². The van der Waals surface area contributed by atoms with Crippen LogP contribution >= 0.6 is 39.0 Å². The zero-order chi connectivity index (χ0) is 16.9. The summed E-state index contributed by atoms with van der Waals surface area (Å²) in [6.45, 7) is 2.75. The smallest absolute Gasteiger partial charge is 0.236 e. The molecule has 0 aliphatic rings. The number of anilines is 1. The van der Waals surface area contributed by atoms with E-state index in [1.54, 1.807) is 5.51 Å². The maximum atomic E-state index is 11.9. The molecule has 0 aliphatic carbocycles. The van der Waals surface area contributed by atoms with E-state index in [9.17, 15) is 4.79 Å². The molecule has 2 heterocycles. The zero-order valence-electron chi connectivity index (χ0n) is 12.6. The third-order valence-corrected chi connectivity index (χ3v) is 5.18. The van der Waals surface area contributed by atoms with Crippen molar-refractivity contribution >= 4 is 50.1 Å². The average Bonchev–Trinajstić information content (AvgIpc) is 3.22. The van der Waals surface area contributed by atoms with Crippen molar-refractivity contribution in [2.45, 2.75) is 18.6 Å². The van der Waals surface area contributed by atoms with Crippen molar-refractivity contribution in [1.29, 1.82) is 0 Å². The first kappa shape index (κ1) is 17.1. The SMILES string of the molecule is CCn1c(SCC(=O)Nc2nncs2)nnc1-c1ccc(Br)cc1. The number of benzene rings is 1. The molecule has 0 aliphatic heterocycles. The fourth-order valence-electron chi connectivity index (χ4n) is 2.01. The van der Waals surface area contributed by atoms with Gasteiger partial charge in [0.15, 0.2) is 11.0 Å². The number of hydrogen-bond acceptors (Lipinski definition) is 7. The van der Waals surface area contributed by atoms with Crippen molar-refractivity contribution in [2.24, 2.45) is 0 Å². The summed E-state index contributed by atoms with van der Waals surface area (Å²) in [5.41, 5.74) is 2.55. The van der Waals surface area contributed by atoms with E-state index < -0.39 is 0 Å². The number of halogens is 1. The summed E-state index contributed by atoms with van der Waals surface area (Å²) in [5.74, 6) is 0.877. The van der Waals surface area contributed by atoms with E-state index in [-0.39, 0.29) is 11.7 Å². The third kappa shape index (κ3) is 4.00. The van der Waals surface area contributed by atoms with Gasteiger partial charge in [-0.25, -0.2) is 0 Å². The standard InChI is InChI=1S/C14H13BrN6OS2/c1-2-21-12(9-3-5-10(15)6-4-9)18-20-14(21)23-7-11(22)17-13-19-16-8-24-13/h3-6,8H,2,7H2,1H3,(H,17,19,22). The van der Waals surface area contributed by atoms with E-state index >= 15 is 0 Å². The van der Waals surface area contributed by atoms with Crippen LogP contribution in [0.15, 0.2) is 39.4 Å². The van der Waals surface area contributed by atoms with Crippen LogP contribution in [0, 0.1) is 0 Å². The number of thioether (sulfide) groups is 1. The first-order valence-corrected chi connectivity index (χ1v) is 9.71. The van der Waals surface area contributed by atoms with E-state index in [1.165, 1.54) is 23.1 Å². The molecule has 1 amide bonds. The molecule has 0 atom stereocenters. The Morgan fingerprint density at radius 1 is 1.29 bits per heavy atom. The van der Waals surface area contributed by atoms with Gasteiger partial charge in [0.1, 0.15) is 5.51 Å². The largest absolute Gasteiger partial charge is 0.302 e. The lowest BCUT2D eigenvalue weighted by Crippen LogP contribution is -2.14. The summed E-state index contributed by atoms with van der Waals surface area (Å²) in [6, 6.07) is 7.90. The minimum Gasteiger partial charge on any atom is -0.302 e. The molecule has 0 fully saturated rings. The van der Waals surface area contributed by atoms with E-state index in [4.69, 9.17) is 0 Å². The summed E-state index contributed by atoms with van der Waals surface area (Å²) in [5, 5.41) is 19.8. The van der Waals surface area contributed by atoms with Crippen LogP contribution in [0.5, 0.6) is 0 Å². The third-order valence-electron chi connectivity index (χ3n) is 3.07. The number of carbonyl (C=O) groups excluding carboxylic acids is 1. The second-order valence-corrected chi connectivity index (χ2v) is 7.33. The molecule has 0 spiro atoms. The van der Waals surface area contributed by atoms with Crippen molar-refractivity contribution in [3.63, 3.8) is 0 Å². The Labute approximate surface area is 155 Å². The number of amides is 1. The molecular weight excluding hydrogens is 412 g/mol. The summed E-state index contributed by atoms with van der Waals surface area (Å²) in [7, 11) is 0. The highest BCUT2D eigenvalue weighted by Gasteiger charge is 2.15. The molecule has 124 valence electrons. The molecule has 3 aromatic rings. The van der Waals surface area contributed by atoms with E-state index in [0.29, 0.717) is 10.3 Å². The van der Waals surface area contributed by atoms with Gasteiger partial charge in [-0.1, -0.05) is 51.2 Å². The van der Waals surface area contributed by atoms with Gasteiger partial charge >= 0.3 is 0 Å². The summed E-state index contributed by atoms with van der Waals surface area (Å²) >= 11 is 6.05. The monoisotopic (exact) mass is 424 g/mol. The Hall–Kier alpha value is -1.78. The van der Waals surface area contributed by atoms with Crippen LogP contribution < -0.4 is 5.32 Å². The lowest BCUT2D eigenvalue weighted by atomic mass is 10.2. The molecule has 0 saturated carbocycles. The molecular formula is C14H13BrN6OS2. The van der Waals surface area contributed by atoms with Gasteiger partial charge in [-0.15, -0.1) is 20.4 Å². The minimum absolute atomic E-state index is 0.146. The Balaban J connectivity index is 1.70. The second-order valence-electron chi connectivity index (χ2n) is 4.64. The number of carbonyl (C=O) groups is 1. The maximum absolute atomic E-state index is 11.9. The Bertz CT molecular complexity index is 818. The van der Waals surface area contributed by atoms with Gasteiger partial charge in [-0.2, -0.15) is 0 Å². The Kier molecular flexibility index (Phi) is 5.59. The van der Waals surface area contributed by atoms with E-state index in [2.05, 4.69) is 41.6 Å². The first-order valence-electron chi connectivity index (χ1n) is 7.05. The average molecular weight is 425 g/mol. The van der Waals surface area contributed by atoms with Crippen molar-refractivity contribution in [2.75, 3.05) is 11.1 Å². The number of nitrogens with zero attached hydrogens (tertiary/aromatic N) is 5. The van der Waals surface area contributed by atoms with Crippen LogP contribution in [0.2, 0.25) is 0 Å². The predicted octanol–water partition coefficient (Wildman–Crippen LogP) is 3.31. The van der Waals surface area contributed by atoms with Gasteiger partial charge < -0.3 is 4.57 Å². The summed E-state index contributed by atoms with van der Waals surface area (Å²) < 4.78 is 3.00. The highest BCUT2D eigenvalue weighted by Crippen LogP contribution is 2.25. The second kappa shape index (κ2) is 7.86. The fourth-order valence-corrected chi connectivity index (χ4v) is 3.53. The van der Waals surface area contributed by atoms with Gasteiger partial charge in [-0.3, -0.25) is 10.1 Å². The van der Waals surface area contributed by atoms with Crippen molar-refractivity contribution in [3.8, 4) is 11.4 Å². The van der Waals surface area contributed by atoms with Crippen LogP contribution in [0.25, 0.3) is 11.4 Å². The quantitative estimate of drug-likeness (QED) is 0.610. The van der Waals surface area contributed by atoms with Crippen molar-refractivity contribution < 1.29 is 4.79 Å². The summed E-state index contributed by atoms with van der Waals surface area (Å²) in [4.78, 5) is 11.9. The molecule has 2 aromatic heterocycles. The maximum Gasteiger partial charge on any atom is 0.236 e. The molecule has 0 unspecified atom stereocenters. The van der Waals surface area contributed by atoms with Crippen LogP contribution in [-0.2, 0) is 11.3 Å². The minimum atomic E-state index is -0.146. The van der Waals surface area contributed by atoms with E-state index in [1.807, 2.05) is 35.8 Å². The van der Waals surface area contributed by atoms with Crippen LogP contribution in [-0.4, -0.2) is 36.6 Å².